The molecule has 0 bridgehead atoms. The predicted octanol–water partition coefficient (Wildman–Crippen LogP) is 5.54. The third-order valence-electron chi connectivity index (χ3n) is 2.60. The summed E-state index contributed by atoms with van der Waals surface area (Å²) in [4.78, 5) is 0. The number of anilines is 1. The van der Waals surface area contributed by atoms with Crippen molar-refractivity contribution in [3.63, 3.8) is 0 Å². The van der Waals surface area contributed by atoms with Crippen molar-refractivity contribution in [1.82, 2.24) is 5.43 Å². The zero-order chi connectivity index (χ0) is 17.0. The molecule has 0 radical (unpaired) electrons. The number of hydrazone groups is 1. The van der Waals surface area contributed by atoms with Gasteiger partial charge in [0.1, 0.15) is 5.75 Å². The Bertz CT molecular complexity index is 764. The number of aromatic hydroxyl groups is 1. The molecule has 9 heteroatoms. The molecule has 23 heavy (non-hydrogen) atoms. The largest absolute Gasteiger partial charge is 0.506 e. The number of nitrogens with one attached hydrogen (secondary N) is 2. The molecule has 2 aromatic carbocycles. The molecule has 2 aromatic rings. The van der Waals surface area contributed by atoms with Crippen molar-refractivity contribution in [3.05, 3.63) is 54.9 Å². The van der Waals surface area contributed by atoms with E-state index in [2.05, 4.69) is 47.7 Å². The van der Waals surface area contributed by atoms with Gasteiger partial charge in [-0.05, 0) is 80.0 Å². The monoisotopic (exact) mass is 495 g/mol. The number of halogens is 4. The Morgan fingerprint density at radius 2 is 1.83 bits per heavy atom. The topological polar surface area (TPSA) is 56.7 Å². The van der Waals surface area contributed by atoms with Crippen molar-refractivity contribution < 1.29 is 5.11 Å². The number of rotatable bonds is 3. The molecule has 0 saturated heterocycles. The van der Waals surface area contributed by atoms with Crippen LogP contribution in [0.3, 0.4) is 0 Å². The molecular formula is C14H9Br2Cl2N3OS. The molecule has 3 N–H and O–H groups in total. The van der Waals surface area contributed by atoms with Gasteiger partial charge in [-0.15, -0.1) is 0 Å². The minimum Gasteiger partial charge on any atom is -0.506 e. The molecule has 0 aliphatic carbocycles. The lowest BCUT2D eigenvalue weighted by Crippen LogP contribution is -2.24. The van der Waals surface area contributed by atoms with Crippen molar-refractivity contribution >= 4 is 84.3 Å². The molecule has 0 aliphatic heterocycles. The quantitative estimate of drug-likeness (QED) is 0.296. The van der Waals surface area contributed by atoms with E-state index in [1.54, 1.807) is 36.5 Å². The SMILES string of the molecule is Oc1c(Br)cc(/C=N\NC(=S)Nc2ccc(Cl)cc2Cl)cc1Br. The fourth-order valence-corrected chi connectivity index (χ4v) is 3.41. The van der Waals surface area contributed by atoms with Crippen LogP contribution < -0.4 is 10.7 Å². The lowest BCUT2D eigenvalue weighted by atomic mass is 10.2. The first kappa shape index (κ1) is 18.5. The Labute approximate surface area is 165 Å². The summed E-state index contributed by atoms with van der Waals surface area (Å²) in [7, 11) is 0. The number of nitrogens with zero attached hydrogens (tertiary/aromatic N) is 1. The fourth-order valence-electron chi connectivity index (χ4n) is 1.57. The van der Waals surface area contributed by atoms with Crippen molar-refractivity contribution in [2.24, 2.45) is 5.10 Å². The zero-order valence-electron chi connectivity index (χ0n) is 11.3. The van der Waals surface area contributed by atoms with Gasteiger partial charge >= 0.3 is 0 Å². The van der Waals surface area contributed by atoms with E-state index in [1.165, 1.54) is 0 Å². The van der Waals surface area contributed by atoms with Gasteiger partial charge in [0.15, 0.2) is 5.11 Å². The molecule has 4 nitrogen and oxygen atoms in total. The van der Waals surface area contributed by atoms with E-state index in [0.29, 0.717) is 24.7 Å². The Hall–Kier alpha value is -0.860. The second-order valence-corrected chi connectivity index (χ2v) is 7.24. The van der Waals surface area contributed by atoms with Gasteiger partial charge < -0.3 is 10.4 Å². The van der Waals surface area contributed by atoms with Crippen LogP contribution >= 0.6 is 67.3 Å². The van der Waals surface area contributed by atoms with Crippen LogP contribution in [-0.2, 0) is 0 Å². The summed E-state index contributed by atoms with van der Waals surface area (Å²) in [5, 5.41) is 17.9. The first-order valence-electron chi connectivity index (χ1n) is 6.10. The Kier molecular flexibility index (Phi) is 6.67. The van der Waals surface area contributed by atoms with E-state index >= 15 is 0 Å². The fraction of sp³-hybridized carbons (Fsp3) is 0. The maximum atomic E-state index is 9.65. The lowest BCUT2D eigenvalue weighted by molar-refractivity contribution is 0.468. The van der Waals surface area contributed by atoms with E-state index < -0.39 is 0 Å². The van der Waals surface area contributed by atoms with Gasteiger partial charge in [-0.2, -0.15) is 5.10 Å². The molecule has 120 valence electrons. The normalized spacial score (nSPS) is 10.8. The summed E-state index contributed by atoms with van der Waals surface area (Å²) in [6.45, 7) is 0. The van der Waals surface area contributed by atoms with Gasteiger partial charge in [-0.3, -0.25) is 5.43 Å². The van der Waals surface area contributed by atoms with Crippen molar-refractivity contribution in [2.75, 3.05) is 5.32 Å². The van der Waals surface area contributed by atoms with E-state index in [1.807, 2.05) is 0 Å². The molecule has 0 atom stereocenters. The number of thiocarbonyl (C=S) groups is 1. The summed E-state index contributed by atoms with van der Waals surface area (Å²) in [6, 6.07) is 8.47. The van der Waals surface area contributed by atoms with Crippen LogP contribution in [-0.4, -0.2) is 16.4 Å². The van der Waals surface area contributed by atoms with Gasteiger partial charge in [0.25, 0.3) is 0 Å². The van der Waals surface area contributed by atoms with Crippen molar-refractivity contribution in [3.8, 4) is 5.75 Å². The second-order valence-electron chi connectivity index (χ2n) is 4.28. The predicted molar refractivity (Wildman–Crippen MR) is 107 cm³/mol. The van der Waals surface area contributed by atoms with Crippen molar-refractivity contribution in [1.29, 1.82) is 0 Å². The number of hydrogen-bond donors (Lipinski definition) is 3. The minimum atomic E-state index is 0.129. The van der Waals surface area contributed by atoms with E-state index in [0.717, 1.165) is 5.56 Å². The summed E-state index contributed by atoms with van der Waals surface area (Å²) in [5.41, 5.74) is 4.07. The molecule has 0 unspecified atom stereocenters. The van der Waals surface area contributed by atoms with Gasteiger partial charge in [0.2, 0.25) is 0 Å². The number of phenolic OH excluding ortho intramolecular Hbond substituents is 1. The average Bonchev–Trinajstić information content (AvgIpc) is 2.47. The minimum absolute atomic E-state index is 0.129. The summed E-state index contributed by atoms with van der Waals surface area (Å²) in [5.74, 6) is 0.129. The highest BCUT2D eigenvalue weighted by atomic mass is 79.9. The van der Waals surface area contributed by atoms with E-state index in [9.17, 15) is 5.11 Å². The highest BCUT2D eigenvalue weighted by Gasteiger charge is 2.05. The highest BCUT2D eigenvalue weighted by molar-refractivity contribution is 9.11. The Morgan fingerprint density at radius 1 is 1.17 bits per heavy atom. The molecule has 0 amide bonds. The number of hydrogen-bond acceptors (Lipinski definition) is 3. The second kappa shape index (κ2) is 8.30. The summed E-state index contributed by atoms with van der Waals surface area (Å²) >= 11 is 23.5. The number of phenols is 1. The van der Waals surface area contributed by atoms with Crippen LogP contribution in [0.2, 0.25) is 10.0 Å². The average molecular weight is 498 g/mol. The van der Waals surface area contributed by atoms with Crippen molar-refractivity contribution in [2.45, 2.75) is 0 Å². The smallest absolute Gasteiger partial charge is 0.191 e. The van der Waals surface area contributed by atoms with Gasteiger partial charge in [0, 0.05) is 5.02 Å². The maximum absolute atomic E-state index is 9.65. The standard InChI is InChI=1S/C14H9Br2Cl2N3OS/c15-9-3-7(4-10(16)13(9)22)6-19-21-14(23)20-12-2-1-8(17)5-11(12)18/h1-6,22H,(H2,20,21,23)/b19-6-. The van der Waals surface area contributed by atoms with Gasteiger partial charge in [-0.1, -0.05) is 23.2 Å². The first-order chi connectivity index (χ1) is 10.9. The summed E-state index contributed by atoms with van der Waals surface area (Å²) < 4.78 is 1.11. The maximum Gasteiger partial charge on any atom is 0.191 e. The molecule has 0 spiro atoms. The van der Waals surface area contributed by atoms with Crippen LogP contribution in [0, 0.1) is 0 Å². The van der Waals surface area contributed by atoms with Crippen LogP contribution in [0.25, 0.3) is 0 Å². The zero-order valence-corrected chi connectivity index (χ0v) is 16.8. The molecule has 0 fully saturated rings. The van der Waals surface area contributed by atoms with Gasteiger partial charge in [-0.25, -0.2) is 0 Å². The molecule has 0 saturated carbocycles. The molecule has 0 heterocycles. The Balaban J connectivity index is 1.99. The summed E-state index contributed by atoms with van der Waals surface area (Å²) in [6.07, 6.45) is 1.56. The number of benzene rings is 2. The first-order valence-corrected chi connectivity index (χ1v) is 8.85. The lowest BCUT2D eigenvalue weighted by Gasteiger charge is -2.09. The van der Waals surface area contributed by atoms with E-state index in [4.69, 9.17) is 35.4 Å². The van der Waals surface area contributed by atoms with Crippen LogP contribution in [0.15, 0.2) is 44.4 Å². The Morgan fingerprint density at radius 3 is 2.43 bits per heavy atom. The third-order valence-corrected chi connectivity index (χ3v) is 4.55. The van der Waals surface area contributed by atoms with Crippen LogP contribution in [0.5, 0.6) is 5.75 Å². The third kappa shape index (κ3) is 5.32. The van der Waals surface area contributed by atoms with Crippen LogP contribution in [0.4, 0.5) is 5.69 Å². The molecular weight excluding hydrogens is 489 g/mol. The van der Waals surface area contributed by atoms with E-state index in [-0.39, 0.29) is 10.9 Å². The van der Waals surface area contributed by atoms with Crippen LogP contribution in [0.1, 0.15) is 5.56 Å². The highest BCUT2D eigenvalue weighted by Crippen LogP contribution is 2.32. The molecule has 0 aromatic heterocycles. The van der Waals surface area contributed by atoms with Gasteiger partial charge in [0.05, 0.1) is 25.9 Å². The molecule has 0 aliphatic rings. The molecule has 2 rings (SSSR count).